The second-order valence-corrected chi connectivity index (χ2v) is 10.2. The van der Waals surface area contributed by atoms with E-state index in [1.165, 1.54) is 16.7 Å². The lowest BCUT2D eigenvalue weighted by atomic mass is 9.89. The highest BCUT2D eigenvalue weighted by atomic mass is 35.5. The minimum atomic E-state index is -3.96. The van der Waals surface area contributed by atoms with Gasteiger partial charge in [-0.05, 0) is 66.3 Å². The number of rotatable bonds is 7. The summed E-state index contributed by atoms with van der Waals surface area (Å²) in [7, 11) is 1.00. The monoisotopic (exact) mass is 615 g/mol. The van der Waals surface area contributed by atoms with Crippen molar-refractivity contribution >= 4 is 23.6 Å². The fourth-order valence-electron chi connectivity index (χ4n) is 4.63. The van der Waals surface area contributed by atoms with E-state index in [-0.39, 0.29) is 23.7 Å². The molecule has 0 bridgehead atoms. The zero-order chi connectivity index (χ0) is 31.9. The number of benzene rings is 3. The smallest absolute Gasteiger partial charge is 0.388 e. The number of aliphatic hydroxyl groups excluding tert-OH is 2. The van der Waals surface area contributed by atoms with E-state index >= 15 is 0 Å². The fraction of sp³-hybridized carbons (Fsp3) is 0.406. The number of nitrogens with zero attached hydrogens (tertiary/aromatic N) is 1. The van der Waals surface area contributed by atoms with Crippen LogP contribution in [0.15, 0.2) is 66.7 Å². The van der Waals surface area contributed by atoms with Crippen molar-refractivity contribution in [1.82, 2.24) is 0 Å². The van der Waals surface area contributed by atoms with Crippen LogP contribution in [0.5, 0.6) is 0 Å². The van der Waals surface area contributed by atoms with Crippen molar-refractivity contribution < 1.29 is 37.0 Å². The lowest BCUT2D eigenvalue weighted by Crippen LogP contribution is -2.31. The third-order valence-corrected chi connectivity index (χ3v) is 6.93. The lowest BCUT2D eigenvalue weighted by molar-refractivity contribution is -0.130. The Hall–Kier alpha value is -3.01. The molecular weight excluding hydrogens is 577 g/mol. The van der Waals surface area contributed by atoms with Crippen molar-refractivity contribution in [1.29, 1.82) is 0 Å². The van der Waals surface area contributed by atoms with Crippen LogP contribution in [0.25, 0.3) is 0 Å². The predicted molar refractivity (Wildman–Crippen MR) is 158 cm³/mol. The molecule has 1 aliphatic heterocycles. The van der Waals surface area contributed by atoms with Crippen LogP contribution in [0, 0.1) is 11.7 Å². The first kappa shape index (κ1) is 37.0. The molecule has 0 spiro atoms. The highest BCUT2D eigenvalue weighted by Crippen LogP contribution is 2.43. The minimum absolute atomic E-state index is 0.000427. The molecule has 3 aromatic carbocycles. The number of fused-ring (bicyclic) bond motifs is 1. The van der Waals surface area contributed by atoms with E-state index in [1.807, 2.05) is 31.2 Å². The van der Waals surface area contributed by atoms with Gasteiger partial charge in [0.1, 0.15) is 12.1 Å². The van der Waals surface area contributed by atoms with Crippen LogP contribution in [-0.4, -0.2) is 42.7 Å². The molecule has 3 atom stereocenters. The van der Waals surface area contributed by atoms with E-state index in [9.17, 15) is 26.7 Å². The van der Waals surface area contributed by atoms with Gasteiger partial charge in [-0.2, -0.15) is 13.2 Å². The molecule has 4 rings (SSSR count). The number of carbonyl (C=O) groups is 1. The molecule has 2 N–H and O–H groups in total. The standard InChI is InChI=1S/C27H27ClFNO.C3H5F3.CH3FO.CH4O/c1-18(17-31)12-21-4-3-5-22(13-21)16-30-19(2)26(14-20-6-8-23(28)9-7-20)25-11-10-24(29)15-27(25)30;1-2-3(4,5)6;2-1-3;1-2/h3-11,13,15,17-19,26H,12,14,16H2,1-2H3;2H2,1H3;3H,1H2;2H,1H3. The number of alkyl halides is 4. The van der Waals surface area contributed by atoms with Gasteiger partial charge in [-0.25, -0.2) is 8.78 Å². The Kier molecular flexibility index (Phi) is 16.3. The van der Waals surface area contributed by atoms with Crippen LogP contribution in [0.2, 0.25) is 5.02 Å². The first-order chi connectivity index (χ1) is 19.9. The summed E-state index contributed by atoms with van der Waals surface area (Å²) in [6, 6.07) is 21.7. The SMILES string of the molecule is CC(C=O)Cc1cccc(CN2c3cc(F)ccc3C(Cc3ccc(Cl)cc3)C2C)c1.CCC(F)(F)F.CO.OCF. The number of halogens is 6. The molecule has 0 saturated heterocycles. The summed E-state index contributed by atoms with van der Waals surface area (Å²) in [5.41, 5.74) is 5.71. The van der Waals surface area contributed by atoms with Gasteiger partial charge in [0.25, 0.3) is 0 Å². The summed E-state index contributed by atoms with van der Waals surface area (Å²) in [5.74, 6) is 0.0613. The van der Waals surface area contributed by atoms with Gasteiger partial charge >= 0.3 is 6.18 Å². The van der Waals surface area contributed by atoms with Gasteiger partial charge in [0.2, 0.25) is 0 Å². The van der Waals surface area contributed by atoms with Crippen molar-refractivity contribution in [2.45, 2.75) is 64.7 Å². The molecule has 0 fully saturated rings. The maximum atomic E-state index is 14.2. The second-order valence-electron chi connectivity index (χ2n) is 9.73. The van der Waals surface area contributed by atoms with Gasteiger partial charge in [0.15, 0.2) is 6.86 Å². The van der Waals surface area contributed by atoms with Crippen LogP contribution in [0.4, 0.5) is 27.6 Å². The van der Waals surface area contributed by atoms with Crippen molar-refractivity contribution in [2.75, 3.05) is 18.9 Å². The maximum Gasteiger partial charge on any atom is 0.388 e. The molecule has 232 valence electrons. The molecule has 1 heterocycles. The molecule has 0 aliphatic carbocycles. The number of hydrogen-bond donors (Lipinski definition) is 2. The molecule has 3 aromatic rings. The zero-order valence-electron chi connectivity index (χ0n) is 24.2. The van der Waals surface area contributed by atoms with Crippen LogP contribution in [0.1, 0.15) is 55.4 Å². The third kappa shape index (κ3) is 12.1. The molecule has 0 aromatic heterocycles. The molecule has 10 heteroatoms. The molecule has 0 saturated carbocycles. The van der Waals surface area contributed by atoms with Crippen LogP contribution in [-0.2, 0) is 24.2 Å². The van der Waals surface area contributed by atoms with Gasteiger partial charge in [-0.1, -0.05) is 67.9 Å². The topological polar surface area (TPSA) is 60.8 Å². The molecule has 3 unspecified atom stereocenters. The highest BCUT2D eigenvalue weighted by molar-refractivity contribution is 6.30. The van der Waals surface area contributed by atoms with E-state index in [0.717, 1.165) is 49.4 Å². The third-order valence-electron chi connectivity index (χ3n) is 6.68. The number of hydrogen-bond acceptors (Lipinski definition) is 4. The molecular formula is C32H39ClF5NO3. The second kappa shape index (κ2) is 18.5. The molecule has 0 amide bonds. The van der Waals surface area contributed by atoms with Gasteiger partial charge in [-0.15, -0.1) is 0 Å². The summed E-state index contributed by atoms with van der Waals surface area (Å²) in [6.45, 7) is 4.69. The summed E-state index contributed by atoms with van der Waals surface area (Å²) in [5, 5.41) is 14.6. The van der Waals surface area contributed by atoms with Gasteiger partial charge in [0, 0.05) is 48.7 Å². The average molecular weight is 616 g/mol. The van der Waals surface area contributed by atoms with Crippen molar-refractivity contribution in [3.05, 3.63) is 99.8 Å². The van der Waals surface area contributed by atoms with E-state index in [2.05, 4.69) is 42.2 Å². The van der Waals surface area contributed by atoms with Crippen LogP contribution >= 0.6 is 11.6 Å². The van der Waals surface area contributed by atoms with Gasteiger partial charge < -0.3 is 19.9 Å². The van der Waals surface area contributed by atoms with Gasteiger partial charge in [-0.3, -0.25) is 0 Å². The number of aldehydes is 1. The number of aliphatic hydroxyl groups is 2. The normalized spacial score (nSPS) is 16.0. The summed E-state index contributed by atoms with van der Waals surface area (Å²) >= 11 is 6.05. The minimum Gasteiger partial charge on any atom is -0.400 e. The molecule has 1 aliphatic rings. The van der Waals surface area contributed by atoms with Crippen molar-refractivity contribution in [2.24, 2.45) is 5.92 Å². The highest BCUT2D eigenvalue weighted by Gasteiger charge is 2.35. The molecule has 0 radical (unpaired) electrons. The number of carbonyl (C=O) groups excluding carboxylic acids is 1. The Bertz CT molecular complexity index is 1210. The fourth-order valence-corrected chi connectivity index (χ4v) is 4.76. The quantitative estimate of drug-likeness (QED) is 0.208. The van der Waals surface area contributed by atoms with Gasteiger partial charge in [0.05, 0.1) is 0 Å². The summed E-state index contributed by atoms with van der Waals surface area (Å²) in [4.78, 5) is 13.3. The predicted octanol–water partition coefficient (Wildman–Crippen LogP) is 8.06. The molecule has 4 nitrogen and oxygen atoms in total. The Balaban J connectivity index is 0.000000694. The van der Waals surface area contributed by atoms with Crippen LogP contribution in [0.3, 0.4) is 0 Å². The Labute approximate surface area is 249 Å². The molecule has 42 heavy (non-hydrogen) atoms. The Morgan fingerprint density at radius 3 is 2.12 bits per heavy atom. The lowest BCUT2D eigenvalue weighted by Gasteiger charge is -2.28. The van der Waals surface area contributed by atoms with E-state index in [1.54, 1.807) is 12.1 Å². The van der Waals surface area contributed by atoms with Crippen molar-refractivity contribution in [3.8, 4) is 0 Å². The summed E-state index contributed by atoms with van der Waals surface area (Å²) < 4.78 is 56.4. The summed E-state index contributed by atoms with van der Waals surface area (Å²) in [6.07, 6.45) is -2.08. The van der Waals surface area contributed by atoms with E-state index < -0.39 is 19.5 Å². The van der Waals surface area contributed by atoms with E-state index in [4.69, 9.17) is 21.8 Å². The Morgan fingerprint density at radius 2 is 1.57 bits per heavy atom. The zero-order valence-corrected chi connectivity index (χ0v) is 25.0. The van der Waals surface area contributed by atoms with E-state index in [0.29, 0.717) is 6.54 Å². The maximum absolute atomic E-state index is 14.2. The first-order valence-electron chi connectivity index (χ1n) is 13.4. The Morgan fingerprint density at radius 1 is 1.00 bits per heavy atom. The largest absolute Gasteiger partial charge is 0.400 e. The number of anilines is 1. The first-order valence-corrected chi connectivity index (χ1v) is 13.8. The van der Waals surface area contributed by atoms with Crippen molar-refractivity contribution in [3.63, 3.8) is 0 Å². The van der Waals surface area contributed by atoms with Crippen LogP contribution < -0.4 is 4.90 Å². The average Bonchev–Trinajstić information content (AvgIpc) is 3.21.